The van der Waals surface area contributed by atoms with Gasteiger partial charge in [-0.05, 0) is 46.6 Å². The van der Waals surface area contributed by atoms with Crippen LogP contribution >= 0.6 is 15.9 Å². The first-order chi connectivity index (χ1) is 9.77. The Labute approximate surface area is 132 Å². The number of pyridine rings is 1. The highest BCUT2D eigenvalue weighted by Crippen LogP contribution is 2.29. The summed E-state index contributed by atoms with van der Waals surface area (Å²) in [5.41, 5.74) is 6.51. The molecule has 1 aromatic carbocycles. The van der Waals surface area contributed by atoms with E-state index in [2.05, 4.69) is 20.9 Å². The fourth-order valence-corrected chi connectivity index (χ4v) is 2.77. The second-order valence-electron chi connectivity index (χ2n) is 4.64. The molecule has 0 bridgehead atoms. The molecular formula is C14H15BrN2O3S. The third-order valence-electron chi connectivity index (χ3n) is 2.91. The van der Waals surface area contributed by atoms with E-state index in [1.165, 1.54) is 6.26 Å². The SMILES string of the molecule is CC(Oc1cc(Br)cnc1N)c1cccc(S(C)(=O)=O)c1. The highest BCUT2D eigenvalue weighted by molar-refractivity contribution is 9.10. The molecule has 2 aromatic rings. The van der Waals surface area contributed by atoms with E-state index in [9.17, 15) is 8.42 Å². The van der Waals surface area contributed by atoms with Crippen LogP contribution in [0.1, 0.15) is 18.6 Å². The van der Waals surface area contributed by atoms with Gasteiger partial charge < -0.3 is 10.5 Å². The van der Waals surface area contributed by atoms with E-state index in [1.54, 1.807) is 36.5 Å². The van der Waals surface area contributed by atoms with Crippen molar-refractivity contribution in [3.63, 3.8) is 0 Å². The summed E-state index contributed by atoms with van der Waals surface area (Å²) in [4.78, 5) is 4.25. The summed E-state index contributed by atoms with van der Waals surface area (Å²) in [7, 11) is -3.25. The van der Waals surface area contributed by atoms with Gasteiger partial charge in [0.05, 0.1) is 4.90 Å². The van der Waals surface area contributed by atoms with Gasteiger partial charge in [-0.3, -0.25) is 0 Å². The predicted octanol–water partition coefficient (Wildman–Crippen LogP) is 2.97. The highest BCUT2D eigenvalue weighted by Gasteiger charge is 2.14. The molecule has 0 fully saturated rings. The summed E-state index contributed by atoms with van der Waals surface area (Å²) >= 11 is 3.30. The Morgan fingerprint density at radius 2 is 2.05 bits per heavy atom. The Morgan fingerprint density at radius 1 is 1.33 bits per heavy atom. The molecule has 1 atom stereocenters. The first kappa shape index (κ1) is 15.8. The first-order valence-corrected chi connectivity index (χ1v) is 8.83. The van der Waals surface area contributed by atoms with Gasteiger partial charge in [0.2, 0.25) is 0 Å². The molecule has 0 aliphatic rings. The van der Waals surface area contributed by atoms with Crippen molar-refractivity contribution in [3.8, 4) is 5.75 Å². The van der Waals surface area contributed by atoms with Crippen LogP contribution in [0.5, 0.6) is 5.75 Å². The summed E-state index contributed by atoms with van der Waals surface area (Å²) in [6.45, 7) is 1.82. The maximum absolute atomic E-state index is 11.6. The molecule has 0 saturated heterocycles. The summed E-state index contributed by atoms with van der Waals surface area (Å²) in [6.07, 6.45) is 2.40. The van der Waals surface area contributed by atoms with Gasteiger partial charge in [0, 0.05) is 16.9 Å². The smallest absolute Gasteiger partial charge is 0.175 e. The standard InChI is InChI=1S/C14H15BrN2O3S/c1-9(20-13-7-11(15)8-17-14(13)16)10-4-3-5-12(6-10)21(2,18)19/h3-9H,1-2H3,(H2,16,17). The molecule has 0 spiro atoms. The van der Waals surface area contributed by atoms with Crippen LogP contribution in [0.4, 0.5) is 5.82 Å². The molecule has 0 amide bonds. The molecule has 0 aliphatic heterocycles. The van der Waals surface area contributed by atoms with Crippen molar-refractivity contribution in [3.05, 3.63) is 46.6 Å². The molecule has 0 aliphatic carbocycles. The van der Waals surface area contributed by atoms with Gasteiger partial charge in [-0.15, -0.1) is 0 Å². The van der Waals surface area contributed by atoms with E-state index in [1.807, 2.05) is 6.92 Å². The molecule has 21 heavy (non-hydrogen) atoms. The van der Waals surface area contributed by atoms with Crippen LogP contribution in [0, 0.1) is 0 Å². The van der Waals surface area contributed by atoms with E-state index in [4.69, 9.17) is 10.5 Å². The molecule has 5 nitrogen and oxygen atoms in total. The first-order valence-electron chi connectivity index (χ1n) is 6.15. The molecule has 1 heterocycles. The molecule has 112 valence electrons. The van der Waals surface area contributed by atoms with Crippen LogP contribution in [0.2, 0.25) is 0 Å². The molecule has 7 heteroatoms. The maximum Gasteiger partial charge on any atom is 0.175 e. The van der Waals surface area contributed by atoms with Crippen LogP contribution in [0.3, 0.4) is 0 Å². The number of nitrogen functional groups attached to an aromatic ring is 1. The van der Waals surface area contributed by atoms with Crippen LogP contribution in [-0.2, 0) is 9.84 Å². The minimum absolute atomic E-state index is 0.260. The fourth-order valence-electron chi connectivity index (χ4n) is 1.78. The lowest BCUT2D eigenvalue weighted by Crippen LogP contribution is -2.07. The molecular weight excluding hydrogens is 356 g/mol. The van der Waals surface area contributed by atoms with Gasteiger partial charge >= 0.3 is 0 Å². The topological polar surface area (TPSA) is 82.3 Å². The lowest BCUT2D eigenvalue weighted by molar-refractivity contribution is 0.227. The third kappa shape index (κ3) is 3.95. The van der Waals surface area contributed by atoms with Gasteiger partial charge in [0.15, 0.2) is 21.4 Å². The maximum atomic E-state index is 11.6. The van der Waals surface area contributed by atoms with Crippen molar-refractivity contribution in [2.24, 2.45) is 0 Å². The number of sulfone groups is 1. The second kappa shape index (κ2) is 6.03. The minimum Gasteiger partial charge on any atom is -0.482 e. The zero-order valence-corrected chi connectivity index (χ0v) is 14.0. The molecule has 1 aromatic heterocycles. The van der Waals surface area contributed by atoms with E-state index in [-0.39, 0.29) is 16.8 Å². The lowest BCUT2D eigenvalue weighted by atomic mass is 10.1. The summed E-state index contributed by atoms with van der Waals surface area (Å²) in [6, 6.07) is 8.37. The van der Waals surface area contributed by atoms with Crippen LogP contribution in [0.25, 0.3) is 0 Å². The minimum atomic E-state index is -3.25. The van der Waals surface area contributed by atoms with Crippen LogP contribution in [0.15, 0.2) is 45.9 Å². The summed E-state index contributed by atoms with van der Waals surface area (Å²) < 4.78 is 29.7. The number of halogens is 1. The number of benzene rings is 1. The van der Waals surface area contributed by atoms with Gasteiger partial charge in [-0.2, -0.15) is 0 Å². The Balaban J connectivity index is 2.28. The van der Waals surface area contributed by atoms with Crippen molar-refractivity contribution in [2.45, 2.75) is 17.9 Å². The Bertz CT molecular complexity index is 763. The summed E-state index contributed by atoms with van der Waals surface area (Å²) in [5.74, 6) is 0.728. The average Bonchev–Trinajstić information content (AvgIpc) is 2.42. The number of rotatable bonds is 4. The average molecular weight is 371 g/mol. The third-order valence-corrected chi connectivity index (χ3v) is 4.45. The van der Waals surface area contributed by atoms with E-state index in [0.29, 0.717) is 5.75 Å². The van der Waals surface area contributed by atoms with Crippen LogP contribution in [-0.4, -0.2) is 19.7 Å². The molecule has 2 N–H and O–H groups in total. The second-order valence-corrected chi connectivity index (χ2v) is 7.57. The van der Waals surface area contributed by atoms with E-state index < -0.39 is 9.84 Å². The van der Waals surface area contributed by atoms with Crippen molar-refractivity contribution in [1.29, 1.82) is 0 Å². The highest BCUT2D eigenvalue weighted by atomic mass is 79.9. The van der Waals surface area contributed by atoms with E-state index >= 15 is 0 Å². The molecule has 2 rings (SSSR count). The largest absolute Gasteiger partial charge is 0.482 e. The van der Waals surface area contributed by atoms with Crippen LogP contribution < -0.4 is 10.5 Å². The predicted molar refractivity (Wildman–Crippen MR) is 84.9 cm³/mol. The summed E-state index contributed by atoms with van der Waals surface area (Å²) in [5, 5.41) is 0. The number of nitrogens with two attached hydrogens (primary N) is 1. The quantitative estimate of drug-likeness (QED) is 0.894. The molecule has 1 unspecified atom stereocenters. The number of hydrogen-bond donors (Lipinski definition) is 1. The Morgan fingerprint density at radius 3 is 2.71 bits per heavy atom. The Hall–Kier alpha value is -1.60. The monoisotopic (exact) mass is 370 g/mol. The van der Waals surface area contributed by atoms with Gasteiger partial charge in [-0.25, -0.2) is 13.4 Å². The number of ether oxygens (including phenoxy) is 1. The van der Waals surface area contributed by atoms with E-state index in [0.717, 1.165) is 10.0 Å². The van der Waals surface area contributed by atoms with Crippen molar-refractivity contribution >= 4 is 31.6 Å². The molecule has 0 saturated carbocycles. The van der Waals surface area contributed by atoms with Crippen molar-refractivity contribution in [1.82, 2.24) is 4.98 Å². The number of anilines is 1. The Kier molecular flexibility index (Phi) is 4.53. The van der Waals surface area contributed by atoms with Gasteiger partial charge in [0.1, 0.15) is 6.10 Å². The van der Waals surface area contributed by atoms with Gasteiger partial charge in [0.25, 0.3) is 0 Å². The fraction of sp³-hybridized carbons (Fsp3) is 0.214. The number of hydrogen-bond acceptors (Lipinski definition) is 5. The number of nitrogens with zero attached hydrogens (tertiary/aromatic N) is 1. The molecule has 0 radical (unpaired) electrons. The zero-order chi connectivity index (χ0) is 15.6. The lowest BCUT2D eigenvalue weighted by Gasteiger charge is -2.16. The normalized spacial score (nSPS) is 12.9. The van der Waals surface area contributed by atoms with Crippen molar-refractivity contribution < 1.29 is 13.2 Å². The van der Waals surface area contributed by atoms with Crippen molar-refractivity contribution in [2.75, 3.05) is 12.0 Å². The zero-order valence-electron chi connectivity index (χ0n) is 11.6. The van der Waals surface area contributed by atoms with Gasteiger partial charge in [-0.1, -0.05) is 12.1 Å². The number of aromatic nitrogens is 1.